The summed E-state index contributed by atoms with van der Waals surface area (Å²) in [5.41, 5.74) is 1.76. The Kier molecular flexibility index (Phi) is 4.20. The number of rotatable bonds is 3. The van der Waals surface area contributed by atoms with Gasteiger partial charge in [-0.2, -0.15) is 9.57 Å². The second-order valence-electron chi connectivity index (χ2n) is 4.58. The maximum atomic E-state index is 12.4. The Labute approximate surface area is 113 Å². The van der Waals surface area contributed by atoms with E-state index in [1.165, 1.54) is 4.31 Å². The molecule has 1 aromatic rings. The molecule has 6 heteroatoms. The number of nitriles is 1. The predicted octanol–water partition coefficient (Wildman–Crippen LogP) is 1.05. The van der Waals surface area contributed by atoms with Gasteiger partial charge in [-0.05, 0) is 12.5 Å². The van der Waals surface area contributed by atoms with Crippen molar-refractivity contribution in [2.75, 3.05) is 19.8 Å². The maximum absolute atomic E-state index is 12.4. The van der Waals surface area contributed by atoms with Gasteiger partial charge >= 0.3 is 0 Å². The van der Waals surface area contributed by atoms with Crippen molar-refractivity contribution in [1.82, 2.24) is 4.31 Å². The van der Waals surface area contributed by atoms with Gasteiger partial charge in [-0.1, -0.05) is 29.8 Å². The van der Waals surface area contributed by atoms with Gasteiger partial charge in [-0.15, -0.1) is 0 Å². The second-order valence-corrected chi connectivity index (χ2v) is 6.50. The number of ether oxygens (including phenoxy) is 1. The van der Waals surface area contributed by atoms with Crippen LogP contribution in [-0.2, 0) is 20.5 Å². The summed E-state index contributed by atoms with van der Waals surface area (Å²) in [6, 6.07) is 8.64. The minimum atomic E-state index is -3.48. The van der Waals surface area contributed by atoms with Crippen molar-refractivity contribution in [3.63, 3.8) is 0 Å². The van der Waals surface area contributed by atoms with Crippen LogP contribution in [0.2, 0.25) is 0 Å². The first-order valence-electron chi connectivity index (χ1n) is 6.05. The molecule has 0 spiro atoms. The molecule has 19 heavy (non-hydrogen) atoms. The highest BCUT2D eigenvalue weighted by molar-refractivity contribution is 7.88. The van der Waals surface area contributed by atoms with E-state index >= 15 is 0 Å². The first-order valence-corrected chi connectivity index (χ1v) is 7.66. The van der Waals surface area contributed by atoms with E-state index in [0.717, 1.165) is 11.1 Å². The Balaban J connectivity index is 2.20. The maximum Gasteiger partial charge on any atom is 0.219 e. The molecule has 0 amide bonds. The van der Waals surface area contributed by atoms with Crippen LogP contribution in [0.15, 0.2) is 24.3 Å². The summed E-state index contributed by atoms with van der Waals surface area (Å²) in [6.07, 6.45) is 0. The number of hydrogen-bond donors (Lipinski definition) is 0. The normalized spacial score (nSPS) is 20.9. The number of hydrogen-bond acceptors (Lipinski definition) is 4. The zero-order valence-corrected chi connectivity index (χ0v) is 11.6. The van der Waals surface area contributed by atoms with Crippen LogP contribution in [0.1, 0.15) is 11.1 Å². The minimum absolute atomic E-state index is 0.0765. The number of sulfonamides is 1. The van der Waals surface area contributed by atoms with Crippen molar-refractivity contribution < 1.29 is 13.2 Å². The lowest BCUT2D eigenvalue weighted by Gasteiger charge is -2.30. The van der Waals surface area contributed by atoms with Gasteiger partial charge in [0, 0.05) is 6.54 Å². The topological polar surface area (TPSA) is 70.4 Å². The Bertz CT molecular complexity index is 592. The Morgan fingerprint density at radius 1 is 1.53 bits per heavy atom. The van der Waals surface area contributed by atoms with Crippen molar-refractivity contribution in [2.24, 2.45) is 0 Å². The van der Waals surface area contributed by atoms with E-state index < -0.39 is 16.1 Å². The van der Waals surface area contributed by atoms with Gasteiger partial charge in [0.25, 0.3) is 0 Å². The highest BCUT2D eigenvalue weighted by Gasteiger charge is 2.32. The van der Waals surface area contributed by atoms with Crippen LogP contribution in [0.25, 0.3) is 0 Å². The molecular weight excluding hydrogens is 264 g/mol. The van der Waals surface area contributed by atoms with Gasteiger partial charge in [0.1, 0.15) is 6.04 Å². The van der Waals surface area contributed by atoms with Gasteiger partial charge in [0.15, 0.2) is 0 Å². The number of benzene rings is 1. The van der Waals surface area contributed by atoms with Gasteiger partial charge < -0.3 is 4.74 Å². The molecule has 0 N–H and O–H groups in total. The summed E-state index contributed by atoms with van der Waals surface area (Å²) >= 11 is 0. The number of aryl methyl sites for hydroxylation is 1. The summed E-state index contributed by atoms with van der Waals surface area (Å²) in [5.74, 6) is -0.0765. The van der Waals surface area contributed by atoms with Crippen LogP contribution in [0.4, 0.5) is 0 Å². The van der Waals surface area contributed by atoms with E-state index in [1.807, 2.05) is 31.2 Å². The van der Waals surface area contributed by atoms with Gasteiger partial charge in [-0.3, -0.25) is 0 Å². The molecule has 1 aliphatic heterocycles. The molecule has 0 aromatic heterocycles. The van der Waals surface area contributed by atoms with Crippen molar-refractivity contribution >= 4 is 10.0 Å². The van der Waals surface area contributed by atoms with Crippen LogP contribution in [0.5, 0.6) is 0 Å². The highest BCUT2D eigenvalue weighted by atomic mass is 32.2. The predicted molar refractivity (Wildman–Crippen MR) is 70.7 cm³/mol. The molecule has 0 saturated carbocycles. The molecule has 1 aromatic carbocycles. The summed E-state index contributed by atoms with van der Waals surface area (Å²) in [4.78, 5) is 0. The summed E-state index contributed by atoms with van der Waals surface area (Å²) in [6.45, 7) is 2.64. The van der Waals surface area contributed by atoms with Gasteiger partial charge in [0.05, 0.1) is 25.0 Å². The van der Waals surface area contributed by atoms with Gasteiger partial charge in [-0.25, -0.2) is 8.42 Å². The Hall–Kier alpha value is -1.42. The molecular formula is C13H16N2O3S. The number of morpholine rings is 1. The molecule has 1 saturated heterocycles. The molecule has 0 radical (unpaired) electrons. The van der Waals surface area contributed by atoms with E-state index in [4.69, 9.17) is 10.00 Å². The fourth-order valence-electron chi connectivity index (χ4n) is 2.12. The Morgan fingerprint density at radius 2 is 2.32 bits per heavy atom. The van der Waals surface area contributed by atoms with Crippen LogP contribution in [-0.4, -0.2) is 38.5 Å². The molecule has 102 valence electrons. The zero-order chi connectivity index (χ0) is 13.9. The fraction of sp³-hybridized carbons (Fsp3) is 0.462. The van der Waals surface area contributed by atoms with Crippen molar-refractivity contribution in [3.05, 3.63) is 35.4 Å². The lowest BCUT2D eigenvalue weighted by molar-refractivity contribution is 0.0511. The van der Waals surface area contributed by atoms with Crippen LogP contribution in [0, 0.1) is 18.3 Å². The van der Waals surface area contributed by atoms with E-state index in [2.05, 4.69) is 0 Å². The lowest BCUT2D eigenvalue weighted by atomic mass is 10.2. The molecule has 5 nitrogen and oxygen atoms in total. The molecule has 1 unspecified atom stereocenters. The third-order valence-electron chi connectivity index (χ3n) is 3.02. The van der Waals surface area contributed by atoms with E-state index in [-0.39, 0.29) is 18.9 Å². The molecule has 0 bridgehead atoms. The third-order valence-corrected chi connectivity index (χ3v) is 4.87. The first-order chi connectivity index (χ1) is 9.03. The molecule has 1 atom stereocenters. The monoisotopic (exact) mass is 280 g/mol. The van der Waals surface area contributed by atoms with Crippen LogP contribution >= 0.6 is 0 Å². The van der Waals surface area contributed by atoms with Gasteiger partial charge in [0.2, 0.25) is 10.0 Å². The molecule has 1 heterocycles. The lowest BCUT2D eigenvalue weighted by Crippen LogP contribution is -2.48. The van der Waals surface area contributed by atoms with E-state index in [0.29, 0.717) is 6.61 Å². The minimum Gasteiger partial charge on any atom is -0.377 e. The first kappa shape index (κ1) is 14.0. The molecule has 1 aliphatic rings. The largest absolute Gasteiger partial charge is 0.377 e. The quantitative estimate of drug-likeness (QED) is 0.829. The average Bonchev–Trinajstić information content (AvgIpc) is 2.38. The SMILES string of the molecule is Cc1cccc(CS(=O)(=O)N2CCOCC2C#N)c1. The molecule has 1 fully saturated rings. The number of nitrogens with zero attached hydrogens (tertiary/aromatic N) is 2. The third kappa shape index (κ3) is 3.32. The van der Waals surface area contributed by atoms with E-state index in [1.54, 1.807) is 6.07 Å². The summed E-state index contributed by atoms with van der Waals surface area (Å²) < 4.78 is 31.1. The molecule has 0 aliphatic carbocycles. The summed E-state index contributed by atoms with van der Waals surface area (Å²) in [7, 11) is -3.48. The van der Waals surface area contributed by atoms with Crippen molar-refractivity contribution in [3.8, 4) is 6.07 Å². The van der Waals surface area contributed by atoms with Crippen LogP contribution in [0.3, 0.4) is 0 Å². The standard InChI is InChI=1S/C13H16N2O3S/c1-11-3-2-4-12(7-11)10-19(16,17)15-5-6-18-9-13(15)8-14/h2-4,7,13H,5-6,9-10H2,1H3. The second kappa shape index (κ2) is 5.70. The highest BCUT2D eigenvalue weighted by Crippen LogP contribution is 2.17. The fourth-order valence-corrected chi connectivity index (χ4v) is 3.73. The van der Waals surface area contributed by atoms with Crippen LogP contribution < -0.4 is 0 Å². The average molecular weight is 280 g/mol. The van der Waals surface area contributed by atoms with Crippen molar-refractivity contribution in [2.45, 2.75) is 18.7 Å². The smallest absolute Gasteiger partial charge is 0.219 e. The van der Waals surface area contributed by atoms with E-state index in [9.17, 15) is 8.42 Å². The Morgan fingerprint density at radius 3 is 3.00 bits per heavy atom. The molecule has 2 rings (SSSR count). The zero-order valence-electron chi connectivity index (χ0n) is 10.7. The summed E-state index contributed by atoms with van der Waals surface area (Å²) in [5, 5.41) is 9.00. The van der Waals surface area contributed by atoms with Crippen molar-refractivity contribution in [1.29, 1.82) is 5.26 Å².